The van der Waals surface area contributed by atoms with Gasteiger partial charge in [0.05, 0.1) is 10.0 Å². The van der Waals surface area contributed by atoms with Crippen LogP contribution in [0, 0.1) is 11.6 Å². The van der Waals surface area contributed by atoms with Crippen LogP contribution in [0.4, 0.5) is 14.5 Å². The Morgan fingerprint density at radius 2 is 1.89 bits per heavy atom. The first-order valence-corrected chi connectivity index (χ1v) is 6.45. The number of nitrogens with two attached hydrogens (primary N) is 1. The number of hydrogen-bond acceptors (Lipinski definition) is 2. The van der Waals surface area contributed by atoms with Crippen LogP contribution in [0.3, 0.4) is 0 Å². The molecule has 2 aromatic rings. The minimum atomic E-state index is -1.50. The van der Waals surface area contributed by atoms with E-state index in [-0.39, 0.29) is 15.7 Å². The van der Waals surface area contributed by atoms with Crippen molar-refractivity contribution in [3.8, 4) is 0 Å². The van der Waals surface area contributed by atoms with Crippen molar-refractivity contribution in [2.75, 3.05) is 5.73 Å². The smallest absolute Gasteiger partial charge is 0.146 e. The van der Waals surface area contributed by atoms with Gasteiger partial charge in [0.1, 0.15) is 17.7 Å². The maximum absolute atomic E-state index is 13.9. The van der Waals surface area contributed by atoms with Crippen molar-refractivity contribution < 1.29 is 13.9 Å². The van der Waals surface area contributed by atoms with E-state index in [1.807, 2.05) is 0 Å². The minimum absolute atomic E-state index is 0.0653. The second-order valence-corrected chi connectivity index (χ2v) is 5.22. The Labute approximate surface area is 121 Å². The Kier molecular flexibility index (Phi) is 4.08. The second-order valence-electron chi connectivity index (χ2n) is 3.93. The Hall–Kier alpha value is -1.17. The van der Waals surface area contributed by atoms with Gasteiger partial charge in [-0.3, -0.25) is 0 Å². The van der Waals surface area contributed by atoms with E-state index in [2.05, 4.69) is 15.9 Å². The standard InChI is InChI=1S/C13H9BrClF2NO/c14-8-3-4-9(16)11(12(8)17)13(19)7-2-1-6(15)5-10(7)18/h1-5,13,19H,18H2. The summed E-state index contributed by atoms with van der Waals surface area (Å²) in [6.07, 6.45) is -1.50. The molecular formula is C13H9BrClF2NO. The Morgan fingerprint density at radius 3 is 2.53 bits per heavy atom. The largest absolute Gasteiger partial charge is 0.398 e. The summed E-state index contributed by atoms with van der Waals surface area (Å²) in [7, 11) is 0. The first-order valence-electron chi connectivity index (χ1n) is 5.28. The van der Waals surface area contributed by atoms with Crippen molar-refractivity contribution in [1.82, 2.24) is 0 Å². The van der Waals surface area contributed by atoms with Crippen LogP contribution < -0.4 is 5.73 Å². The summed E-state index contributed by atoms with van der Waals surface area (Å²) in [5.74, 6) is -1.70. The third-order valence-corrected chi connectivity index (χ3v) is 3.54. The minimum Gasteiger partial charge on any atom is -0.398 e. The molecule has 0 amide bonds. The molecule has 0 saturated carbocycles. The predicted octanol–water partition coefficient (Wildman–Crippen LogP) is 4.04. The lowest BCUT2D eigenvalue weighted by molar-refractivity contribution is 0.209. The van der Waals surface area contributed by atoms with Crippen LogP contribution in [-0.4, -0.2) is 5.11 Å². The van der Waals surface area contributed by atoms with Crippen molar-refractivity contribution in [2.45, 2.75) is 6.10 Å². The Morgan fingerprint density at radius 1 is 1.21 bits per heavy atom. The number of aliphatic hydroxyl groups is 1. The van der Waals surface area contributed by atoms with Gasteiger partial charge in [-0.2, -0.15) is 0 Å². The van der Waals surface area contributed by atoms with Crippen molar-refractivity contribution in [2.24, 2.45) is 0 Å². The number of benzene rings is 2. The molecule has 0 aliphatic rings. The van der Waals surface area contributed by atoms with Gasteiger partial charge in [-0.05, 0) is 40.2 Å². The molecule has 0 bridgehead atoms. The summed E-state index contributed by atoms with van der Waals surface area (Å²) in [4.78, 5) is 0. The maximum Gasteiger partial charge on any atom is 0.146 e. The highest BCUT2D eigenvalue weighted by molar-refractivity contribution is 9.10. The highest BCUT2D eigenvalue weighted by Gasteiger charge is 2.23. The first-order chi connectivity index (χ1) is 8.91. The van der Waals surface area contributed by atoms with Gasteiger partial charge in [0.25, 0.3) is 0 Å². The summed E-state index contributed by atoms with van der Waals surface area (Å²) in [6.45, 7) is 0. The molecule has 6 heteroatoms. The molecule has 0 aliphatic carbocycles. The van der Waals surface area contributed by atoms with E-state index in [4.69, 9.17) is 17.3 Å². The summed E-state index contributed by atoms with van der Waals surface area (Å²) in [6, 6.07) is 6.63. The molecule has 2 aromatic carbocycles. The number of anilines is 1. The van der Waals surface area contributed by atoms with Crippen LogP contribution in [0.2, 0.25) is 5.02 Å². The molecule has 100 valence electrons. The molecule has 0 radical (unpaired) electrons. The van der Waals surface area contributed by atoms with Crippen molar-refractivity contribution >= 4 is 33.2 Å². The van der Waals surface area contributed by atoms with Crippen LogP contribution in [0.25, 0.3) is 0 Å². The quantitative estimate of drug-likeness (QED) is 0.635. The fourth-order valence-corrected chi connectivity index (χ4v) is 2.27. The van der Waals surface area contributed by atoms with Crippen LogP contribution in [0.5, 0.6) is 0 Å². The molecule has 0 aliphatic heterocycles. The SMILES string of the molecule is Nc1cc(Cl)ccc1C(O)c1c(F)ccc(Br)c1F. The van der Waals surface area contributed by atoms with Gasteiger partial charge < -0.3 is 10.8 Å². The van der Waals surface area contributed by atoms with Gasteiger partial charge in [-0.15, -0.1) is 0 Å². The molecule has 2 nitrogen and oxygen atoms in total. The van der Waals surface area contributed by atoms with Gasteiger partial charge in [0.2, 0.25) is 0 Å². The third-order valence-electron chi connectivity index (χ3n) is 2.70. The van der Waals surface area contributed by atoms with E-state index in [0.717, 1.165) is 6.07 Å². The van der Waals surface area contributed by atoms with Crippen molar-refractivity contribution in [3.05, 3.63) is 62.6 Å². The molecule has 0 aromatic heterocycles. The van der Waals surface area contributed by atoms with Crippen LogP contribution in [0.1, 0.15) is 17.2 Å². The Bertz CT molecular complexity index is 636. The average Bonchev–Trinajstić information content (AvgIpc) is 2.34. The zero-order chi connectivity index (χ0) is 14.2. The highest BCUT2D eigenvalue weighted by Crippen LogP contribution is 2.33. The van der Waals surface area contributed by atoms with E-state index in [9.17, 15) is 13.9 Å². The molecule has 0 fully saturated rings. The number of aliphatic hydroxyl groups excluding tert-OH is 1. The maximum atomic E-state index is 13.9. The summed E-state index contributed by atoms with van der Waals surface area (Å²) >= 11 is 8.68. The lowest BCUT2D eigenvalue weighted by atomic mass is 9.99. The molecule has 3 N–H and O–H groups in total. The molecule has 1 unspecified atom stereocenters. The summed E-state index contributed by atoms with van der Waals surface area (Å²) in [5.41, 5.74) is 5.60. The molecule has 0 saturated heterocycles. The molecular weight excluding hydrogens is 340 g/mol. The van der Waals surface area contributed by atoms with Crippen LogP contribution in [0.15, 0.2) is 34.8 Å². The van der Waals surface area contributed by atoms with Gasteiger partial charge >= 0.3 is 0 Å². The summed E-state index contributed by atoms with van der Waals surface area (Å²) in [5, 5.41) is 10.5. The Balaban J connectivity index is 2.56. The molecule has 2 rings (SSSR count). The van der Waals surface area contributed by atoms with Gasteiger partial charge in [0.15, 0.2) is 0 Å². The number of hydrogen-bond donors (Lipinski definition) is 2. The fourth-order valence-electron chi connectivity index (χ4n) is 1.74. The highest BCUT2D eigenvalue weighted by atomic mass is 79.9. The molecule has 1 atom stereocenters. The second kappa shape index (κ2) is 5.45. The van der Waals surface area contributed by atoms with Crippen molar-refractivity contribution in [3.63, 3.8) is 0 Å². The number of nitrogen functional groups attached to an aromatic ring is 1. The van der Waals surface area contributed by atoms with E-state index in [1.165, 1.54) is 24.3 Å². The van der Waals surface area contributed by atoms with E-state index in [0.29, 0.717) is 5.02 Å². The number of halogens is 4. The van der Waals surface area contributed by atoms with Crippen LogP contribution in [-0.2, 0) is 0 Å². The topological polar surface area (TPSA) is 46.2 Å². The lowest BCUT2D eigenvalue weighted by Crippen LogP contribution is -2.08. The predicted molar refractivity (Wildman–Crippen MR) is 74.0 cm³/mol. The van der Waals surface area contributed by atoms with Gasteiger partial charge in [-0.1, -0.05) is 17.7 Å². The van der Waals surface area contributed by atoms with E-state index in [1.54, 1.807) is 0 Å². The van der Waals surface area contributed by atoms with Gasteiger partial charge in [0, 0.05) is 16.3 Å². The van der Waals surface area contributed by atoms with Crippen LogP contribution >= 0.6 is 27.5 Å². The molecule has 0 spiro atoms. The van der Waals surface area contributed by atoms with Crippen molar-refractivity contribution in [1.29, 1.82) is 0 Å². The normalized spacial score (nSPS) is 12.5. The zero-order valence-electron chi connectivity index (χ0n) is 9.50. The lowest BCUT2D eigenvalue weighted by Gasteiger charge is -2.16. The number of rotatable bonds is 2. The first kappa shape index (κ1) is 14.2. The molecule has 0 heterocycles. The zero-order valence-corrected chi connectivity index (χ0v) is 11.8. The average molecular weight is 349 g/mol. The monoisotopic (exact) mass is 347 g/mol. The molecule has 19 heavy (non-hydrogen) atoms. The van der Waals surface area contributed by atoms with E-state index < -0.39 is 23.3 Å². The fraction of sp³-hybridized carbons (Fsp3) is 0.0769. The third kappa shape index (κ3) is 2.73. The van der Waals surface area contributed by atoms with Gasteiger partial charge in [-0.25, -0.2) is 8.78 Å². The van der Waals surface area contributed by atoms with E-state index >= 15 is 0 Å². The summed E-state index contributed by atoms with van der Waals surface area (Å²) < 4.78 is 27.7.